The average Bonchev–Trinajstić information content (AvgIpc) is 2.56. The van der Waals surface area contributed by atoms with Crippen molar-refractivity contribution in [1.29, 1.82) is 0 Å². The lowest BCUT2D eigenvalue weighted by Gasteiger charge is -2.23. The Labute approximate surface area is 183 Å². The van der Waals surface area contributed by atoms with Crippen molar-refractivity contribution in [3.05, 3.63) is 0 Å². The minimum absolute atomic E-state index is 0.248. The fourth-order valence-corrected chi connectivity index (χ4v) is 0.644. The third-order valence-electron chi connectivity index (χ3n) is 1.48. The molecule has 4 atom stereocenters. The zero-order valence-corrected chi connectivity index (χ0v) is 18.1. The number of carboxylic acids is 5. The molecule has 0 radical (unpaired) electrons. The molecule has 32 heavy (non-hydrogen) atoms. The summed E-state index contributed by atoms with van der Waals surface area (Å²) in [5.74, 6) is -4.17. The van der Waals surface area contributed by atoms with E-state index in [4.69, 9.17) is 75.7 Å². The van der Waals surface area contributed by atoms with E-state index in [0.29, 0.717) is 0 Å². The molecule has 0 aliphatic heterocycles. The van der Waals surface area contributed by atoms with Gasteiger partial charge in [0.2, 0.25) is 0 Å². The molecule has 0 bridgehead atoms. The van der Waals surface area contributed by atoms with E-state index < -0.39 is 60.8 Å². The van der Waals surface area contributed by atoms with Crippen LogP contribution in [0.1, 0.15) is 34.6 Å². The zero-order chi connectivity index (χ0) is 27.6. The van der Waals surface area contributed by atoms with Crippen molar-refractivity contribution in [3.63, 3.8) is 0 Å². The summed E-state index contributed by atoms with van der Waals surface area (Å²) in [5, 5.41) is 72.3. The van der Waals surface area contributed by atoms with Crippen molar-refractivity contribution in [2.24, 2.45) is 5.73 Å². The first-order valence-electron chi connectivity index (χ1n) is 8.04. The molecule has 0 amide bonds. The molecule has 11 N–H and O–H groups in total. The minimum Gasteiger partial charge on any atom is -0.481 e. The Morgan fingerprint density at radius 2 is 0.844 bits per heavy atom. The smallest absolute Gasteiger partial charge is 0.300 e. The lowest BCUT2D eigenvalue weighted by atomic mass is 10.0. The molecule has 0 saturated carbocycles. The molecule has 0 aromatic heterocycles. The third-order valence-corrected chi connectivity index (χ3v) is 1.48. The average molecular weight is 479 g/mol. The summed E-state index contributed by atoms with van der Waals surface area (Å²) >= 11 is 0. The molecule has 0 unspecified atom stereocenters. The van der Waals surface area contributed by atoms with E-state index in [-0.39, 0.29) is 6.29 Å². The van der Waals surface area contributed by atoms with Crippen LogP contribution >= 0.6 is 0 Å². The standard InChI is InChI=1S/C6H13NO5.5C2H4O2/c7-3(1-8)5(11)6(12)4(10)2-9;5*1-2(3)4/h1,3-6,9-12H,2,7H2;5*1H3,(H,3,4)/t3-,4-,5-,6-;;;;;/m1...../s1. The number of aliphatic carboxylic acids is 5. The van der Waals surface area contributed by atoms with Gasteiger partial charge in [0, 0.05) is 34.6 Å². The van der Waals surface area contributed by atoms with E-state index in [9.17, 15) is 4.79 Å². The molecule has 0 aliphatic carbocycles. The van der Waals surface area contributed by atoms with Gasteiger partial charge in [0.15, 0.2) is 0 Å². The van der Waals surface area contributed by atoms with Crippen molar-refractivity contribution >= 4 is 36.1 Å². The second-order valence-corrected chi connectivity index (χ2v) is 5.04. The molecular formula is C16H33NO15. The van der Waals surface area contributed by atoms with Gasteiger partial charge in [-0.2, -0.15) is 0 Å². The molecule has 0 aromatic carbocycles. The van der Waals surface area contributed by atoms with E-state index in [0.717, 1.165) is 34.6 Å². The molecule has 0 heterocycles. The van der Waals surface area contributed by atoms with Crippen LogP contribution in [0.25, 0.3) is 0 Å². The monoisotopic (exact) mass is 479 g/mol. The van der Waals surface area contributed by atoms with Crippen molar-refractivity contribution in [1.82, 2.24) is 0 Å². The van der Waals surface area contributed by atoms with Gasteiger partial charge in [0.05, 0.1) is 12.6 Å². The molecule has 0 saturated heterocycles. The van der Waals surface area contributed by atoms with Gasteiger partial charge in [-0.15, -0.1) is 0 Å². The number of aldehydes is 1. The Bertz CT molecular complexity index is 434. The topological polar surface area (TPSA) is 311 Å². The number of rotatable bonds is 5. The lowest BCUT2D eigenvalue weighted by molar-refractivity contribution is -0.135. The number of carboxylic acid groups (broad SMARTS) is 5. The third kappa shape index (κ3) is 109. The molecule has 0 aliphatic rings. The summed E-state index contributed by atoms with van der Waals surface area (Å²) in [6, 6.07) is -1.26. The zero-order valence-electron chi connectivity index (χ0n) is 18.1. The van der Waals surface area contributed by atoms with E-state index >= 15 is 0 Å². The predicted molar refractivity (Wildman–Crippen MR) is 106 cm³/mol. The van der Waals surface area contributed by atoms with Crippen LogP contribution in [0, 0.1) is 0 Å². The second kappa shape index (κ2) is 30.0. The van der Waals surface area contributed by atoms with Crippen LogP contribution in [0.5, 0.6) is 0 Å². The van der Waals surface area contributed by atoms with Crippen LogP contribution in [0.3, 0.4) is 0 Å². The SMILES string of the molecule is CC(=O)O.CC(=O)O.CC(=O)O.CC(=O)O.CC(=O)O.N[C@H](C=O)[C@@H](O)[C@H](O)[C@H](O)CO. The van der Waals surface area contributed by atoms with Gasteiger partial charge in [-0.05, 0) is 0 Å². The quantitative estimate of drug-likeness (QED) is 0.176. The Hall–Kier alpha value is -3.18. The van der Waals surface area contributed by atoms with E-state index in [1.54, 1.807) is 0 Å². The fourth-order valence-electron chi connectivity index (χ4n) is 0.644. The highest BCUT2D eigenvalue weighted by Crippen LogP contribution is 2.01. The maximum absolute atomic E-state index is 10.0. The van der Waals surface area contributed by atoms with E-state index in [1.165, 1.54) is 0 Å². The molecule has 0 rings (SSSR count). The van der Waals surface area contributed by atoms with Crippen molar-refractivity contribution in [2.45, 2.75) is 59.0 Å². The number of aliphatic hydroxyl groups excluding tert-OH is 4. The molecule has 0 fully saturated rings. The Morgan fingerprint density at radius 1 is 0.656 bits per heavy atom. The van der Waals surface area contributed by atoms with Crippen LogP contribution < -0.4 is 5.73 Å². The number of aliphatic hydroxyl groups is 4. The Kier molecular flexibility index (Phi) is 40.2. The fraction of sp³-hybridized carbons (Fsp3) is 0.625. The van der Waals surface area contributed by atoms with Gasteiger partial charge >= 0.3 is 0 Å². The Balaban J connectivity index is -0.0000000706. The second-order valence-electron chi connectivity index (χ2n) is 5.04. The van der Waals surface area contributed by atoms with Crippen molar-refractivity contribution in [3.8, 4) is 0 Å². The van der Waals surface area contributed by atoms with Gasteiger partial charge in [-0.25, -0.2) is 0 Å². The van der Waals surface area contributed by atoms with E-state index in [1.807, 2.05) is 0 Å². The van der Waals surface area contributed by atoms with Gasteiger partial charge in [0.1, 0.15) is 24.6 Å². The summed E-state index contributed by atoms with van der Waals surface area (Å²) in [6.45, 7) is 4.71. The van der Waals surface area contributed by atoms with Crippen molar-refractivity contribution < 1.29 is 74.7 Å². The van der Waals surface area contributed by atoms with Crippen LogP contribution in [0.4, 0.5) is 0 Å². The summed E-state index contributed by atoms with van der Waals surface area (Å²) in [5.41, 5.74) is 5.04. The molecular weight excluding hydrogens is 446 g/mol. The number of carbonyl (C=O) groups excluding carboxylic acids is 1. The maximum atomic E-state index is 10.0. The summed E-state index contributed by atoms with van der Waals surface area (Å²) < 4.78 is 0. The van der Waals surface area contributed by atoms with Crippen LogP contribution in [0.15, 0.2) is 0 Å². The first-order chi connectivity index (χ1) is 14.2. The first kappa shape index (κ1) is 42.8. The molecule has 0 aromatic rings. The van der Waals surface area contributed by atoms with Gasteiger partial charge in [0.25, 0.3) is 29.8 Å². The summed E-state index contributed by atoms with van der Waals surface area (Å²) in [7, 11) is 0. The van der Waals surface area contributed by atoms with Crippen LogP contribution in [-0.2, 0) is 28.8 Å². The molecule has 0 spiro atoms. The predicted octanol–water partition coefficient (Wildman–Crippen LogP) is -2.96. The molecule has 16 nitrogen and oxygen atoms in total. The number of nitrogens with two attached hydrogens (primary N) is 1. The van der Waals surface area contributed by atoms with Gasteiger partial charge in [-0.3, -0.25) is 24.0 Å². The maximum Gasteiger partial charge on any atom is 0.300 e. The molecule has 192 valence electrons. The largest absolute Gasteiger partial charge is 0.481 e. The Morgan fingerprint density at radius 3 is 0.969 bits per heavy atom. The van der Waals surface area contributed by atoms with E-state index in [2.05, 4.69) is 0 Å². The highest BCUT2D eigenvalue weighted by atomic mass is 16.4. The van der Waals surface area contributed by atoms with Crippen LogP contribution in [0.2, 0.25) is 0 Å². The summed E-state index contributed by atoms with van der Waals surface area (Å²) in [6.07, 6.45) is -4.43. The molecule has 16 heteroatoms. The normalized spacial score (nSPS) is 11.8. The first-order valence-corrected chi connectivity index (χ1v) is 8.04. The number of carbonyl (C=O) groups is 6. The van der Waals surface area contributed by atoms with Crippen LogP contribution in [-0.4, -0.2) is 113 Å². The van der Waals surface area contributed by atoms with Crippen molar-refractivity contribution in [2.75, 3.05) is 6.61 Å². The highest BCUT2D eigenvalue weighted by Gasteiger charge is 2.28. The van der Waals surface area contributed by atoms with Gasteiger partial charge in [-0.1, -0.05) is 0 Å². The van der Waals surface area contributed by atoms with Gasteiger partial charge < -0.3 is 56.5 Å². The minimum atomic E-state index is -1.62. The number of hydrogen-bond acceptors (Lipinski definition) is 11. The summed E-state index contributed by atoms with van der Waals surface area (Å²) in [4.78, 5) is 55.0. The number of hydrogen-bond donors (Lipinski definition) is 10. The highest BCUT2D eigenvalue weighted by molar-refractivity contribution is 5.64. The lowest BCUT2D eigenvalue weighted by Crippen LogP contribution is -2.49.